The Morgan fingerprint density at radius 3 is 1.67 bits per heavy atom. The molecule has 0 unspecified atom stereocenters. The van der Waals surface area contributed by atoms with E-state index in [-0.39, 0.29) is 17.7 Å². The molecule has 3 heteroatoms. The molecule has 3 aliphatic rings. The van der Waals surface area contributed by atoms with Crippen molar-refractivity contribution in [2.45, 2.75) is 58.3 Å². The number of aryl methyl sites for hydroxylation is 1. The average molecular weight is 823 g/mol. The Labute approximate surface area is 378 Å². The molecular formula is C61H51BN2. The Morgan fingerprint density at radius 2 is 1.00 bits per heavy atom. The van der Waals surface area contributed by atoms with Crippen LogP contribution in [0.5, 0.6) is 0 Å². The quantitative estimate of drug-likeness (QED) is 0.160. The Balaban J connectivity index is 1.21. The first-order chi connectivity index (χ1) is 31.1. The number of fused-ring (bicyclic) bond motifs is 7. The monoisotopic (exact) mass is 822 g/mol. The van der Waals surface area contributed by atoms with Gasteiger partial charge in [-0.25, -0.2) is 0 Å². The topological polar surface area (TPSA) is 6.48 Å². The van der Waals surface area contributed by atoms with E-state index >= 15 is 0 Å². The van der Waals surface area contributed by atoms with Crippen LogP contribution < -0.4 is 20.6 Å². The number of hydrogen-bond acceptors (Lipinski definition) is 2. The minimum Gasteiger partial charge on any atom is -0.376 e. The highest BCUT2D eigenvalue weighted by molar-refractivity contribution is 6.94. The predicted octanol–water partition coefficient (Wildman–Crippen LogP) is 15.2. The molecule has 2 nitrogen and oxygen atoms in total. The molecule has 2 heterocycles. The molecule has 0 atom stereocenters. The van der Waals surface area contributed by atoms with Crippen molar-refractivity contribution in [1.82, 2.24) is 0 Å². The van der Waals surface area contributed by atoms with Crippen LogP contribution in [0.1, 0.15) is 57.2 Å². The molecule has 1 aliphatic carbocycles. The Morgan fingerprint density at radius 1 is 0.438 bits per heavy atom. The molecule has 0 saturated heterocycles. The van der Waals surface area contributed by atoms with E-state index in [1.165, 1.54) is 124 Å². The molecule has 308 valence electrons. The minimum absolute atomic E-state index is 0.0599. The van der Waals surface area contributed by atoms with Gasteiger partial charge in [-0.1, -0.05) is 185 Å². The molecule has 9 aromatic rings. The van der Waals surface area contributed by atoms with Gasteiger partial charge in [-0.05, 0) is 144 Å². The molecule has 12 rings (SSSR count). The molecular weight excluding hydrogens is 771 g/mol. The van der Waals surface area contributed by atoms with Crippen LogP contribution in [0.25, 0.3) is 55.3 Å². The minimum atomic E-state index is -0.137. The van der Waals surface area contributed by atoms with Gasteiger partial charge in [0, 0.05) is 34.0 Å². The smallest absolute Gasteiger partial charge is 0.333 e. The third-order valence-corrected chi connectivity index (χ3v) is 14.8. The number of hydrogen-bond donors (Lipinski definition) is 0. The van der Waals surface area contributed by atoms with Crippen LogP contribution in [0.4, 0.5) is 28.4 Å². The molecule has 0 aromatic heterocycles. The second-order valence-corrected chi connectivity index (χ2v) is 19.6. The molecule has 0 fully saturated rings. The van der Waals surface area contributed by atoms with E-state index in [4.69, 9.17) is 0 Å². The van der Waals surface area contributed by atoms with Crippen LogP contribution in [0.15, 0.2) is 194 Å². The summed E-state index contributed by atoms with van der Waals surface area (Å²) in [6.07, 6.45) is 2.35. The lowest BCUT2D eigenvalue weighted by molar-refractivity contribution is 0.332. The van der Waals surface area contributed by atoms with Gasteiger partial charge in [-0.2, -0.15) is 0 Å². The number of anilines is 5. The van der Waals surface area contributed by atoms with Crippen LogP contribution in [-0.2, 0) is 10.8 Å². The number of nitrogens with zero attached hydrogens (tertiary/aromatic N) is 2. The van der Waals surface area contributed by atoms with Crippen molar-refractivity contribution in [2.75, 3.05) is 9.71 Å². The van der Waals surface area contributed by atoms with E-state index in [0.29, 0.717) is 0 Å². The summed E-state index contributed by atoms with van der Waals surface area (Å²) in [5.74, 6) is 0. The van der Waals surface area contributed by atoms with E-state index in [1.54, 1.807) is 0 Å². The van der Waals surface area contributed by atoms with Gasteiger partial charge >= 0.3 is 6.85 Å². The van der Waals surface area contributed by atoms with Crippen molar-refractivity contribution in [3.05, 3.63) is 211 Å². The highest BCUT2D eigenvalue weighted by atomic mass is 15.2. The van der Waals surface area contributed by atoms with Crippen molar-refractivity contribution in [3.8, 4) is 44.5 Å². The summed E-state index contributed by atoms with van der Waals surface area (Å²) in [6.45, 7) is 12.0. The third kappa shape index (κ3) is 6.01. The molecule has 0 bridgehead atoms. The highest BCUT2D eigenvalue weighted by Gasteiger charge is 2.47. The maximum absolute atomic E-state index is 2.67. The molecule has 0 spiro atoms. The standard InChI is InChI=1S/C61H51BN2/c1-40-34-51-52(61(4,5)33-32-60(51,2)3)39-55(40)63-54-31-29-45(42-20-11-7-12-21-42)36-53(54)62-59-57(63)38-47-24-15-16-27-49(47)58(59)50-30-28-46(43-22-13-8-14-23-43)37-56(50)64(62)48-26-17-25-44(35-48)41-18-9-6-10-19-41/h6-31,34-39H,32-33H2,1-5H3. The van der Waals surface area contributed by atoms with Gasteiger partial charge in [-0.15, -0.1) is 0 Å². The summed E-state index contributed by atoms with van der Waals surface area (Å²) in [5, 5.41) is 2.53. The predicted molar refractivity (Wildman–Crippen MR) is 274 cm³/mol. The zero-order valence-electron chi connectivity index (χ0n) is 37.4. The Hall–Kier alpha value is -7.10. The lowest BCUT2D eigenvalue weighted by Crippen LogP contribution is -2.61. The fourth-order valence-electron chi connectivity index (χ4n) is 11.3. The maximum Gasteiger partial charge on any atom is 0.333 e. The summed E-state index contributed by atoms with van der Waals surface area (Å²) >= 11 is 0. The van der Waals surface area contributed by atoms with Gasteiger partial charge < -0.3 is 9.71 Å². The van der Waals surface area contributed by atoms with Crippen LogP contribution in [-0.4, -0.2) is 6.85 Å². The van der Waals surface area contributed by atoms with Gasteiger partial charge in [0.1, 0.15) is 0 Å². The summed E-state index contributed by atoms with van der Waals surface area (Å²) < 4.78 is 0. The van der Waals surface area contributed by atoms with Gasteiger partial charge in [0.25, 0.3) is 0 Å². The van der Waals surface area contributed by atoms with E-state index in [2.05, 4.69) is 238 Å². The van der Waals surface area contributed by atoms with Crippen molar-refractivity contribution in [3.63, 3.8) is 0 Å². The van der Waals surface area contributed by atoms with Gasteiger partial charge in [0.05, 0.1) is 0 Å². The van der Waals surface area contributed by atoms with Gasteiger partial charge in [0.15, 0.2) is 0 Å². The Kier molecular flexibility index (Phi) is 8.72. The lowest BCUT2D eigenvalue weighted by atomic mass is 9.43. The second-order valence-electron chi connectivity index (χ2n) is 19.6. The molecule has 9 aromatic carbocycles. The molecule has 0 saturated carbocycles. The van der Waals surface area contributed by atoms with E-state index in [1.807, 2.05) is 0 Å². The van der Waals surface area contributed by atoms with E-state index in [0.717, 1.165) is 0 Å². The summed E-state index contributed by atoms with van der Waals surface area (Å²) in [5.41, 5.74) is 23.0. The first kappa shape index (κ1) is 38.6. The first-order valence-corrected chi connectivity index (χ1v) is 23.0. The van der Waals surface area contributed by atoms with Crippen molar-refractivity contribution >= 4 is 57.0 Å². The second kappa shape index (κ2) is 14.5. The number of rotatable bonds is 5. The average Bonchev–Trinajstić information content (AvgIpc) is 3.33. The van der Waals surface area contributed by atoms with Crippen molar-refractivity contribution < 1.29 is 0 Å². The van der Waals surface area contributed by atoms with Crippen LogP contribution in [0, 0.1) is 6.92 Å². The molecule has 0 amide bonds. The van der Waals surface area contributed by atoms with E-state index in [9.17, 15) is 0 Å². The van der Waals surface area contributed by atoms with Crippen molar-refractivity contribution in [2.24, 2.45) is 0 Å². The van der Waals surface area contributed by atoms with Gasteiger partial charge in [0.2, 0.25) is 0 Å². The zero-order valence-corrected chi connectivity index (χ0v) is 37.4. The summed E-state index contributed by atoms with van der Waals surface area (Å²) in [6, 6.07) is 72.9. The lowest BCUT2D eigenvalue weighted by Gasteiger charge is -2.47. The maximum atomic E-state index is 2.67. The van der Waals surface area contributed by atoms with Gasteiger partial charge in [-0.3, -0.25) is 0 Å². The largest absolute Gasteiger partial charge is 0.376 e. The van der Waals surface area contributed by atoms with Crippen molar-refractivity contribution in [1.29, 1.82) is 0 Å². The zero-order chi connectivity index (χ0) is 43.3. The molecule has 2 aliphatic heterocycles. The molecule has 0 radical (unpaired) electrons. The van der Waals surface area contributed by atoms with Crippen LogP contribution >= 0.6 is 0 Å². The first-order valence-electron chi connectivity index (χ1n) is 23.0. The van der Waals surface area contributed by atoms with Crippen LogP contribution in [0.3, 0.4) is 0 Å². The third-order valence-electron chi connectivity index (χ3n) is 14.8. The Bertz CT molecular complexity index is 3300. The summed E-state index contributed by atoms with van der Waals surface area (Å²) in [7, 11) is 0. The highest BCUT2D eigenvalue weighted by Crippen LogP contribution is 2.53. The molecule has 64 heavy (non-hydrogen) atoms. The fourth-order valence-corrected chi connectivity index (χ4v) is 11.3. The van der Waals surface area contributed by atoms with E-state index < -0.39 is 0 Å². The summed E-state index contributed by atoms with van der Waals surface area (Å²) in [4.78, 5) is 5.31. The van der Waals surface area contributed by atoms with Crippen LogP contribution in [0.2, 0.25) is 0 Å². The number of benzene rings is 9. The SMILES string of the molecule is Cc1cc2c(cc1N1c3ccc(-c4ccccc4)cc3B3c4c1cc1ccccc1c4-c1ccc(-c4ccccc4)cc1N3c1cccc(-c3ccccc3)c1)C(C)(C)CCC2(C)C. The molecule has 0 N–H and O–H groups in total. The normalized spacial score (nSPS) is 15.3. The fraction of sp³-hybridized carbons (Fsp3) is 0.148.